The highest BCUT2D eigenvalue weighted by Gasteiger charge is 2.37. The molecular weight excluding hydrogens is 500 g/mol. The van der Waals surface area contributed by atoms with E-state index in [1.807, 2.05) is 104 Å². The largest absolute Gasteiger partial charge is 0.497 e. The minimum atomic E-state index is -0.362. The molecule has 5 rings (SSSR count). The number of urea groups is 1. The van der Waals surface area contributed by atoms with Gasteiger partial charge in [0, 0.05) is 18.4 Å². The molecule has 7 heteroatoms. The van der Waals surface area contributed by atoms with Gasteiger partial charge in [-0.15, -0.1) is 0 Å². The fourth-order valence-electron chi connectivity index (χ4n) is 5.23. The number of fused-ring (bicyclic) bond motifs is 3. The number of aromatic nitrogens is 1. The summed E-state index contributed by atoms with van der Waals surface area (Å²) in [4.78, 5) is 31.3. The van der Waals surface area contributed by atoms with Gasteiger partial charge in [-0.2, -0.15) is 0 Å². The molecule has 206 valence electrons. The summed E-state index contributed by atoms with van der Waals surface area (Å²) in [7, 11) is 1.64. The summed E-state index contributed by atoms with van der Waals surface area (Å²) in [6, 6.07) is 25.0. The highest BCUT2D eigenvalue weighted by atomic mass is 16.5. The maximum Gasteiger partial charge on any atom is 0.322 e. The number of rotatable bonds is 8. The number of benzene rings is 3. The molecule has 1 N–H and O–H groups in total. The van der Waals surface area contributed by atoms with E-state index >= 15 is 0 Å². The number of nitrogens with one attached hydrogen (secondary N) is 1. The lowest BCUT2D eigenvalue weighted by molar-refractivity contribution is -0.119. The van der Waals surface area contributed by atoms with Crippen LogP contribution in [0, 0.1) is 13.8 Å². The number of ether oxygens (including phenoxy) is 1. The summed E-state index contributed by atoms with van der Waals surface area (Å²) in [6.07, 6.45) is 3.74. The van der Waals surface area contributed by atoms with Crippen LogP contribution in [-0.2, 0) is 4.79 Å². The smallest absolute Gasteiger partial charge is 0.322 e. The van der Waals surface area contributed by atoms with Gasteiger partial charge in [-0.1, -0.05) is 43.7 Å². The summed E-state index contributed by atoms with van der Waals surface area (Å²) in [5.74, 6) is 0.606. The lowest BCUT2D eigenvalue weighted by Gasteiger charge is -2.39. The molecule has 40 heavy (non-hydrogen) atoms. The minimum absolute atomic E-state index is 0.0433. The molecule has 0 saturated carbocycles. The predicted molar refractivity (Wildman–Crippen MR) is 160 cm³/mol. The Hall–Kier alpha value is -4.52. The molecular formula is C33H36N4O3. The van der Waals surface area contributed by atoms with Crippen LogP contribution in [0.25, 0.3) is 5.69 Å². The van der Waals surface area contributed by atoms with Gasteiger partial charge in [0.25, 0.3) is 0 Å². The average molecular weight is 537 g/mol. The molecule has 1 aromatic heterocycles. The van der Waals surface area contributed by atoms with Crippen molar-refractivity contribution in [2.24, 2.45) is 0 Å². The number of carbonyl (C=O) groups is 2. The first kappa shape index (κ1) is 27.1. The van der Waals surface area contributed by atoms with Crippen molar-refractivity contribution in [2.75, 3.05) is 30.4 Å². The molecule has 0 fully saturated rings. The fraction of sp³-hybridized carbons (Fsp3) is 0.273. The van der Waals surface area contributed by atoms with Crippen LogP contribution in [0.1, 0.15) is 48.2 Å². The Bertz CT molecular complexity index is 1510. The van der Waals surface area contributed by atoms with Crippen molar-refractivity contribution in [3.63, 3.8) is 0 Å². The van der Waals surface area contributed by atoms with Gasteiger partial charge >= 0.3 is 6.03 Å². The second-order valence-corrected chi connectivity index (χ2v) is 10.2. The van der Waals surface area contributed by atoms with Gasteiger partial charge in [0.15, 0.2) is 0 Å². The van der Waals surface area contributed by atoms with Crippen molar-refractivity contribution in [2.45, 2.75) is 39.7 Å². The summed E-state index contributed by atoms with van der Waals surface area (Å²) >= 11 is 0. The monoisotopic (exact) mass is 536 g/mol. The first-order valence-electron chi connectivity index (χ1n) is 13.8. The Labute approximate surface area is 236 Å². The van der Waals surface area contributed by atoms with E-state index in [-0.39, 0.29) is 24.5 Å². The lowest BCUT2D eigenvalue weighted by atomic mass is 9.97. The van der Waals surface area contributed by atoms with Gasteiger partial charge in [-0.05, 0) is 85.5 Å². The maximum absolute atomic E-state index is 14.3. The molecule has 0 bridgehead atoms. The molecule has 7 nitrogen and oxygen atoms in total. The summed E-state index contributed by atoms with van der Waals surface area (Å²) < 4.78 is 7.52. The van der Waals surface area contributed by atoms with Gasteiger partial charge in [-0.25, -0.2) is 4.79 Å². The third-order valence-electron chi connectivity index (χ3n) is 7.57. The molecule has 3 amide bonds. The molecule has 4 aromatic rings. The number of hydrogen-bond acceptors (Lipinski definition) is 3. The lowest BCUT2D eigenvalue weighted by Crippen LogP contribution is -2.48. The van der Waals surface area contributed by atoms with Crippen LogP contribution in [0.3, 0.4) is 0 Å². The normalized spacial score (nSPS) is 13.8. The van der Waals surface area contributed by atoms with Crippen molar-refractivity contribution < 1.29 is 14.3 Å². The van der Waals surface area contributed by atoms with Gasteiger partial charge in [0.1, 0.15) is 18.3 Å². The second-order valence-electron chi connectivity index (χ2n) is 10.2. The van der Waals surface area contributed by atoms with Gasteiger partial charge < -0.3 is 19.5 Å². The zero-order valence-electron chi connectivity index (χ0n) is 23.6. The Morgan fingerprint density at radius 1 is 0.925 bits per heavy atom. The Morgan fingerprint density at radius 2 is 1.68 bits per heavy atom. The molecule has 0 aliphatic carbocycles. The van der Waals surface area contributed by atoms with Crippen molar-refractivity contribution in [3.8, 4) is 11.4 Å². The quantitative estimate of drug-likeness (QED) is 0.267. The molecule has 2 heterocycles. The molecule has 1 aliphatic rings. The van der Waals surface area contributed by atoms with Crippen LogP contribution in [-0.4, -0.2) is 41.6 Å². The number of methoxy groups -OCH3 is 1. The van der Waals surface area contributed by atoms with Crippen LogP contribution in [0.4, 0.5) is 16.2 Å². The van der Waals surface area contributed by atoms with Crippen molar-refractivity contribution >= 4 is 23.3 Å². The predicted octanol–water partition coefficient (Wildman–Crippen LogP) is 6.87. The van der Waals surface area contributed by atoms with Crippen LogP contribution < -0.4 is 15.0 Å². The third-order valence-corrected chi connectivity index (χ3v) is 7.57. The number of para-hydroxylation sites is 2. The first-order valence-corrected chi connectivity index (χ1v) is 13.8. The molecule has 1 aliphatic heterocycles. The number of aryl methyl sites for hydroxylation is 2. The molecule has 1 atom stereocenters. The summed E-state index contributed by atoms with van der Waals surface area (Å²) in [5.41, 5.74) is 6.67. The highest BCUT2D eigenvalue weighted by Crippen LogP contribution is 2.42. The third kappa shape index (κ3) is 5.32. The van der Waals surface area contributed by atoms with E-state index in [1.165, 1.54) is 0 Å². The average Bonchev–Trinajstić information content (AvgIpc) is 3.46. The molecule has 0 radical (unpaired) electrons. The van der Waals surface area contributed by atoms with Crippen LogP contribution >= 0.6 is 0 Å². The molecule has 3 aromatic carbocycles. The number of amides is 3. The van der Waals surface area contributed by atoms with E-state index in [4.69, 9.17) is 4.74 Å². The van der Waals surface area contributed by atoms with E-state index in [0.29, 0.717) is 6.54 Å². The number of unbranched alkanes of at least 4 members (excludes halogenated alkanes) is 1. The van der Waals surface area contributed by atoms with Crippen molar-refractivity contribution in [3.05, 3.63) is 107 Å². The topological polar surface area (TPSA) is 66.8 Å². The van der Waals surface area contributed by atoms with Crippen LogP contribution in [0.2, 0.25) is 0 Å². The summed E-state index contributed by atoms with van der Waals surface area (Å²) in [6.45, 7) is 6.58. The molecule has 0 spiro atoms. The Balaban J connectivity index is 1.49. The molecule has 1 unspecified atom stereocenters. The van der Waals surface area contributed by atoms with Gasteiger partial charge in [-0.3, -0.25) is 9.69 Å². The van der Waals surface area contributed by atoms with Crippen molar-refractivity contribution in [1.82, 2.24) is 9.47 Å². The van der Waals surface area contributed by atoms with E-state index in [9.17, 15) is 9.59 Å². The SMILES string of the molecule is CCCCN(CC(=O)N1c2ccccc2-n2cccc2C1c1ccc(OC)cc1)C(=O)Nc1ccc(C)c(C)c1. The number of carbonyl (C=O) groups excluding carboxylic acids is 2. The maximum atomic E-state index is 14.3. The zero-order valence-corrected chi connectivity index (χ0v) is 23.6. The van der Waals surface area contributed by atoms with Gasteiger partial charge in [0.2, 0.25) is 5.91 Å². The van der Waals surface area contributed by atoms with E-state index in [1.54, 1.807) is 12.0 Å². The van der Waals surface area contributed by atoms with Crippen molar-refractivity contribution in [1.29, 1.82) is 0 Å². The van der Waals surface area contributed by atoms with Crippen LogP contribution in [0.15, 0.2) is 85.1 Å². The van der Waals surface area contributed by atoms with E-state index in [0.717, 1.165) is 58.0 Å². The second kappa shape index (κ2) is 11.7. The Morgan fingerprint density at radius 3 is 2.38 bits per heavy atom. The van der Waals surface area contributed by atoms with Crippen LogP contribution in [0.5, 0.6) is 5.75 Å². The first-order chi connectivity index (χ1) is 19.4. The van der Waals surface area contributed by atoms with E-state index in [2.05, 4.69) is 16.8 Å². The van der Waals surface area contributed by atoms with Gasteiger partial charge in [0.05, 0.1) is 24.2 Å². The standard InChI is InChI=1S/C33H36N4O3/c1-5-6-19-35(33(39)34-26-16-13-23(2)24(3)21-26)22-31(38)37-29-11-8-7-10-28(29)36-20-9-12-30(36)32(37)25-14-17-27(40-4)18-15-25/h7-18,20-21,32H,5-6,19,22H2,1-4H3,(H,34,39). The van der Waals surface area contributed by atoms with E-state index < -0.39 is 0 Å². The zero-order chi connectivity index (χ0) is 28.2. The minimum Gasteiger partial charge on any atom is -0.497 e. The number of anilines is 2. The highest BCUT2D eigenvalue weighted by molar-refractivity contribution is 6.01. The summed E-state index contributed by atoms with van der Waals surface area (Å²) in [5, 5.41) is 3.01. The fourth-order valence-corrected chi connectivity index (χ4v) is 5.23. The number of nitrogens with zero attached hydrogens (tertiary/aromatic N) is 3. The number of hydrogen-bond donors (Lipinski definition) is 1. The molecule has 0 saturated heterocycles. The Kier molecular flexibility index (Phi) is 7.91.